The van der Waals surface area contributed by atoms with Gasteiger partial charge < -0.3 is 29.9 Å². The number of hydrogen-bond donors (Lipinski definition) is 4. The lowest BCUT2D eigenvalue weighted by Gasteiger charge is -2.09. The van der Waals surface area contributed by atoms with Crippen molar-refractivity contribution in [3.8, 4) is 23.0 Å². The number of aromatic hydroxyl groups is 3. The fourth-order valence-corrected chi connectivity index (χ4v) is 2.06. The molecular weight excluding hydrogens is 308 g/mol. The standard InChI is InChI=1S/C15H14O8/c1-22-15(21)8-4-7-6-10(23-3-2-16)13(19)14(20)11(7)12(18)9(17)5-8/h4-6,16,19-20H,2-3H2,1H3,(H,17,18). The molecule has 2 rings (SSSR count). The molecule has 0 atom stereocenters. The number of phenolic OH excluding ortho intramolecular Hbond substituents is 2. The summed E-state index contributed by atoms with van der Waals surface area (Å²) in [6.45, 7) is -0.487. The lowest BCUT2D eigenvalue weighted by Crippen LogP contribution is -2.03. The third-order valence-electron chi connectivity index (χ3n) is 3.10. The van der Waals surface area contributed by atoms with E-state index in [1.165, 1.54) is 12.1 Å². The van der Waals surface area contributed by atoms with Crippen molar-refractivity contribution in [3.63, 3.8) is 0 Å². The van der Waals surface area contributed by atoms with Crippen LogP contribution >= 0.6 is 0 Å². The number of esters is 1. The molecule has 0 saturated carbocycles. The van der Waals surface area contributed by atoms with E-state index in [-0.39, 0.29) is 35.3 Å². The van der Waals surface area contributed by atoms with Crippen molar-refractivity contribution in [1.29, 1.82) is 0 Å². The number of carbonyl (C=O) groups excluding carboxylic acids is 1. The van der Waals surface area contributed by atoms with Gasteiger partial charge in [-0.2, -0.15) is 0 Å². The highest BCUT2D eigenvalue weighted by molar-refractivity contribution is 5.98. The van der Waals surface area contributed by atoms with E-state index in [4.69, 9.17) is 9.84 Å². The molecular formula is C15H14O8. The zero-order chi connectivity index (χ0) is 17.1. The fourth-order valence-electron chi connectivity index (χ4n) is 2.06. The molecule has 2 aromatic carbocycles. The average molecular weight is 322 g/mol. The van der Waals surface area contributed by atoms with Gasteiger partial charge in [0.2, 0.25) is 11.2 Å². The Morgan fingerprint density at radius 2 is 1.83 bits per heavy atom. The van der Waals surface area contributed by atoms with E-state index in [0.717, 1.165) is 13.2 Å². The van der Waals surface area contributed by atoms with E-state index in [9.17, 15) is 24.9 Å². The first-order chi connectivity index (χ1) is 10.9. The molecule has 0 bridgehead atoms. The zero-order valence-corrected chi connectivity index (χ0v) is 12.1. The van der Waals surface area contributed by atoms with E-state index in [1.54, 1.807) is 0 Å². The summed E-state index contributed by atoms with van der Waals surface area (Å²) in [4.78, 5) is 23.8. The molecule has 8 nitrogen and oxygen atoms in total. The summed E-state index contributed by atoms with van der Waals surface area (Å²) in [6.07, 6.45) is 0. The number of fused-ring (bicyclic) bond motifs is 1. The third-order valence-corrected chi connectivity index (χ3v) is 3.10. The van der Waals surface area contributed by atoms with Crippen LogP contribution in [-0.2, 0) is 4.74 Å². The molecule has 0 aliphatic carbocycles. The Kier molecular flexibility index (Phi) is 4.56. The van der Waals surface area contributed by atoms with E-state index in [1.807, 2.05) is 0 Å². The molecule has 0 aliphatic heterocycles. The van der Waals surface area contributed by atoms with E-state index in [2.05, 4.69) is 4.74 Å². The predicted octanol–water partition coefficient (Wildman–Crippen LogP) is 0.474. The second kappa shape index (κ2) is 6.41. The van der Waals surface area contributed by atoms with Crippen molar-refractivity contribution < 1.29 is 34.7 Å². The minimum absolute atomic E-state index is 0.0407. The van der Waals surface area contributed by atoms with Crippen molar-refractivity contribution in [1.82, 2.24) is 0 Å². The highest BCUT2D eigenvalue weighted by atomic mass is 16.5. The molecule has 0 amide bonds. The molecule has 0 saturated heterocycles. The summed E-state index contributed by atoms with van der Waals surface area (Å²) >= 11 is 0. The molecule has 0 aliphatic rings. The van der Waals surface area contributed by atoms with Crippen LogP contribution in [-0.4, -0.2) is 46.7 Å². The molecule has 0 unspecified atom stereocenters. The molecule has 0 radical (unpaired) electrons. The van der Waals surface area contributed by atoms with Crippen LogP contribution in [0, 0.1) is 0 Å². The molecule has 23 heavy (non-hydrogen) atoms. The van der Waals surface area contributed by atoms with Crippen LogP contribution in [0.2, 0.25) is 0 Å². The Bertz CT molecular complexity index is 828. The Hall–Kier alpha value is -3.00. The summed E-state index contributed by atoms with van der Waals surface area (Å²) in [5, 5.41) is 38.1. The van der Waals surface area contributed by atoms with E-state index >= 15 is 0 Å². The number of hydrogen-bond acceptors (Lipinski definition) is 8. The van der Waals surface area contributed by atoms with Crippen molar-refractivity contribution in [3.05, 3.63) is 34.0 Å². The zero-order valence-electron chi connectivity index (χ0n) is 12.1. The fraction of sp³-hybridized carbons (Fsp3) is 0.200. The Morgan fingerprint density at radius 1 is 1.13 bits per heavy atom. The van der Waals surface area contributed by atoms with E-state index < -0.39 is 28.6 Å². The van der Waals surface area contributed by atoms with Crippen LogP contribution in [0.4, 0.5) is 0 Å². The lowest BCUT2D eigenvalue weighted by molar-refractivity contribution is 0.0600. The number of methoxy groups -OCH3 is 1. The summed E-state index contributed by atoms with van der Waals surface area (Å²) in [6, 6.07) is 3.31. The Labute approximate surface area is 129 Å². The number of carbonyl (C=O) groups is 1. The summed E-state index contributed by atoms with van der Waals surface area (Å²) in [5.74, 6) is -3.30. The van der Waals surface area contributed by atoms with Gasteiger partial charge in [0.15, 0.2) is 17.2 Å². The summed E-state index contributed by atoms with van der Waals surface area (Å²) in [5.41, 5.74) is -1.10. The van der Waals surface area contributed by atoms with Crippen LogP contribution < -0.4 is 10.2 Å². The van der Waals surface area contributed by atoms with Crippen molar-refractivity contribution in [2.45, 2.75) is 0 Å². The van der Waals surface area contributed by atoms with Gasteiger partial charge in [-0.1, -0.05) is 0 Å². The van der Waals surface area contributed by atoms with Gasteiger partial charge in [-0.15, -0.1) is 0 Å². The van der Waals surface area contributed by atoms with Crippen LogP contribution in [0.25, 0.3) is 10.8 Å². The van der Waals surface area contributed by atoms with Gasteiger partial charge in [0.05, 0.1) is 24.7 Å². The minimum Gasteiger partial charge on any atom is -0.504 e. The lowest BCUT2D eigenvalue weighted by atomic mass is 10.1. The van der Waals surface area contributed by atoms with Crippen molar-refractivity contribution >= 4 is 16.7 Å². The SMILES string of the molecule is COC(=O)c1cc(O)c(=O)c2c(O)c(O)c(OCCO)cc2c1. The number of aliphatic hydroxyl groups excluding tert-OH is 1. The first-order valence-electron chi connectivity index (χ1n) is 6.48. The number of benzene rings is 1. The normalized spacial score (nSPS) is 10.5. The molecule has 2 aromatic rings. The van der Waals surface area contributed by atoms with Crippen LogP contribution in [0.1, 0.15) is 10.4 Å². The molecule has 122 valence electrons. The van der Waals surface area contributed by atoms with Gasteiger partial charge in [0.25, 0.3) is 0 Å². The molecule has 4 N–H and O–H groups in total. The smallest absolute Gasteiger partial charge is 0.338 e. The van der Waals surface area contributed by atoms with Gasteiger partial charge >= 0.3 is 5.97 Å². The third kappa shape index (κ3) is 2.97. The summed E-state index contributed by atoms with van der Waals surface area (Å²) < 4.78 is 9.60. The molecule has 0 spiro atoms. The number of phenols is 2. The topological polar surface area (TPSA) is 134 Å². The summed E-state index contributed by atoms with van der Waals surface area (Å²) in [7, 11) is 1.13. The number of ether oxygens (including phenoxy) is 2. The van der Waals surface area contributed by atoms with Crippen LogP contribution in [0.3, 0.4) is 0 Å². The van der Waals surface area contributed by atoms with Gasteiger partial charge in [0.1, 0.15) is 6.61 Å². The monoisotopic (exact) mass is 322 g/mol. The second-order valence-electron chi connectivity index (χ2n) is 4.56. The number of rotatable bonds is 4. The highest BCUT2D eigenvalue weighted by Crippen LogP contribution is 2.40. The van der Waals surface area contributed by atoms with E-state index in [0.29, 0.717) is 0 Å². The largest absolute Gasteiger partial charge is 0.504 e. The maximum atomic E-state index is 12.1. The Morgan fingerprint density at radius 3 is 2.43 bits per heavy atom. The van der Waals surface area contributed by atoms with Gasteiger partial charge in [-0.05, 0) is 23.6 Å². The van der Waals surface area contributed by atoms with Crippen molar-refractivity contribution in [2.24, 2.45) is 0 Å². The molecule has 0 heterocycles. The van der Waals surface area contributed by atoms with Crippen LogP contribution in [0.5, 0.6) is 23.0 Å². The van der Waals surface area contributed by atoms with Gasteiger partial charge in [-0.3, -0.25) is 4.79 Å². The maximum absolute atomic E-state index is 12.1. The number of aliphatic hydroxyl groups is 1. The van der Waals surface area contributed by atoms with Gasteiger partial charge in [-0.25, -0.2) is 4.79 Å². The van der Waals surface area contributed by atoms with Crippen molar-refractivity contribution in [2.75, 3.05) is 20.3 Å². The first-order valence-corrected chi connectivity index (χ1v) is 6.48. The quantitative estimate of drug-likeness (QED) is 0.471. The van der Waals surface area contributed by atoms with Gasteiger partial charge in [0, 0.05) is 0 Å². The second-order valence-corrected chi connectivity index (χ2v) is 4.56. The Balaban J connectivity index is 2.87. The average Bonchev–Trinajstić information content (AvgIpc) is 2.66. The first kappa shape index (κ1) is 16.4. The minimum atomic E-state index is -0.975. The molecule has 8 heteroatoms. The maximum Gasteiger partial charge on any atom is 0.338 e. The molecule has 0 fully saturated rings. The predicted molar refractivity (Wildman–Crippen MR) is 79.1 cm³/mol. The highest BCUT2D eigenvalue weighted by Gasteiger charge is 2.18. The molecule has 0 aromatic heterocycles. The van der Waals surface area contributed by atoms with Crippen LogP contribution in [0.15, 0.2) is 23.0 Å².